The van der Waals surface area contributed by atoms with E-state index in [0.717, 1.165) is 13.1 Å². The summed E-state index contributed by atoms with van der Waals surface area (Å²) in [6.45, 7) is 2.25. The molecule has 4 aliphatic heterocycles. The number of hydrazine groups is 2. The summed E-state index contributed by atoms with van der Waals surface area (Å²) >= 11 is 0. The summed E-state index contributed by atoms with van der Waals surface area (Å²) < 4.78 is 0. The highest BCUT2D eigenvalue weighted by Gasteiger charge is 2.39. The maximum atomic E-state index is 2.58. The van der Waals surface area contributed by atoms with Gasteiger partial charge in [0, 0.05) is 13.1 Å². The van der Waals surface area contributed by atoms with Crippen LogP contribution in [0, 0.1) is 0 Å². The second-order valence-corrected chi connectivity index (χ2v) is 11.2. The van der Waals surface area contributed by atoms with Crippen LogP contribution in [0.15, 0.2) is 97.1 Å². The smallest absolute Gasteiger partial charge is 0.0629 e. The molecule has 0 saturated carbocycles. The van der Waals surface area contributed by atoms with Crippen molar-refractivity contribution in [3.8, 4) is 11.1 Å². The number of hydrogen-bond donors (Lipinski definition) is 0. The van der Waals surface area contributed by atoms with Crippen LogP contribution in [0.25, 0.3) is 11.1 Å². The van der Waals surface area contributed by atoms with Gasteiger partial charge in [0.1, 0.15) is 0 Å². The summed E-state index contributed by atoms with van der Waals surface area (Å²) in [5.41, 5.74) is 10.7. The molecule has 2 saturated heterocycles. The van der Waals surface area contributed by atoms with Gasteiger partial charge in [-0.25, -0.2) is 10.0 Å². The van der Waals surface area contributed by atoms with Gasteiger partial charge in [0.15, 0.2) is 0 Å². The molecule has 4 nitrogen and oxygen atoms in total. The number of anilines is 4. The third-order valence-corrected chi connectivity index (χ3v) is 9.07. The molecule has 0 N–H and O–H groups in total. The predicted molar refractivity (Wildman–Crippen MR) is 156 cm³/mol. The molecule has 38 heavy (non-hydrogen) atoms. The number of nitrogens with zero attached hydrogens (tertiary/aromatic N) is 4. The first-order valence-electron chi connectivity index (χ1n) is 14.4. The van der Waals surface area contributed by atoms with Crippen LogP contribution in [-0.4, -0.2) is 23.1 Å². The number of hydrogen-bond acceptors (Lipinski definition) is 4. The lowest BCUT2D eigenvalue weighted by Gasteiger charge is -2.37. The number of para-hydroxylation sites is 2. The molecule has 0 radical (unpaired) electrons. The van der Waals surface area contributed by atoms with Crippen LogP contribution < -0.4 is 10.0 Å². The molecule has 0 aliphatic carbocycles. The van der Waals surface area contributed by atoms with Crippen LogP contribution in [0.4, 0.5) is 22.7 Å². The normalized spacial score (nSPS) is 22.6. The molecule has 0 spiro atoms. The SMILES string of the molecule is c1ccc2c(c1)C1CCCCN1N2c1ccc(-c2ccc(N3c4ccccc4C4CCCCN43)cc2)cc1. The lowest BCUT2D eigenvalue weighted by Crippen LogP contribution is -2.39. The van der Waals surface area contributed by atoms with Crippen LogP contribution in [-0.2, 0) is 0 Å². The first-order valence-corrected chi connectivity index (χ1v) is 14.4. The molecule has 4 aromatic carbocycles. The molecular weight excluding hydrogens is 464 g/mol. The van der Waals surface area contributed by atoms with Crippen molar-refractivity contribution in [2.24, 2.45) is 0 Å². The minimum atomic E-state index is 0.516. The van der Waals surface area contributed by atoms with E-state index in [-0.39, 0.29) is 0 Å². The largest absolute Gasteiger partial charge is 0.273 e. The summed E-state index contributed by atoms with van der Waals surface area (Å²) in [6, 6.07) is 37.3. The molecule has 2 fully saturated rings. The fourth-order valence-corrected chi connectivity index (χ4v) is 7.31. The number of piperidine rings is 2. The quantitative estimate of drug-likeness (QED) is 0.280. The van der Waals surface area contributed by atoms with Gasteiger partial charge < -0.3 is 0 Å². The Bertz CT molecular complexity index is 1350. The summed E-state index contributed by atoms with van der Waals surface area (Å²) in [6.07, 6.45) is 7.67. The fourth-order valence-electron chi connectivity index (χ4n) is 7.31. The molecular formula is C34H34N4. The van der Waals surface area contributed by atoms with Gasteiger partial charge in [0.25, 0.3) is 0 Å². The van der Waals surface area contributed by atoms with Crippen LogP contribution in [0.5, 0.6) is 0 Å². The highest BCUT2D eigenvalue weighted by atomic mass is 15.7. The Labute approximate surface area is 225 Å². The summed E-state index contributed by atoms with van der Waals surface area (Å²) in [4.78, 5) is 0. The maximum Gasteiger partial charge on any atom is 0.0629 e. The molecule has 190 valence electrons. The fraction of sp³-hybridized carbons (Fsp3) is 0.294. The zero-order chi connectivity index (χ0) is 25.1. The highest BCUT2D eigenvalue weighted by molar-refractivity contribution is 5.75. The minimum Gasteiger partial charge on any atom is -0.273 e. The zero-order valence-corrected chi connectivity index (χ0v) is 21.8. The standard InChI is InChI=1S/C34H34N4/c1-3-13-33-29(9-1)31-11-5-7-23-35(31)37(33)27-19-15-25(16-20-27)26-17-21-28(22-18-26)38-34-14-4-2-10-30(34)32-12-6-8-24-36(32)38/h1-4,9-10,13-22,31-32H,5-8,11-12,23-24H2. The topological polar surface area (TPSA) is 13.0 Å². The maximum absolute atomic E-state index is 2.58. The zero-order valence-electron chi connectivity index (χ0n) is 21.8. The van der Waals surface area contributed by atoms with E-state index in [1.165, 1.54) is 83.5 Å². The molecule has 4 aromatic rings. The third kappa shape index (κ3) is 3.44. The Morgan fingerprint density at radius 2 is 0.868 bits per heavy atom. The van der Waals surface area contributed by atoms with Crippen LogP contribution >= 0.6 is 0 Å². The molecule has 0 bridgehead atoms. The van der Waals surface area contributed by atoms with Crippen molar-refractivity contribution in [2.45, 2.75) is 50.6 Å². The van der Waals surface area contributed by atoms with Crippen molar-refractivity contribution < 1.29 is 0 Å². The molecule has 2 unspecified atom stereocenters. The van der Waals surface area contributed by atoms with E-state index in [9.17, 15) is 0 Å². The average Bonchev–Trinajstić information content (AvgIpc) is 3.51. The van der Waals surface area contributed by atoms with Gasteiger partial charge in [-0.1, -0.05) is 73.5 Å². The number of fused-ring (bicyclic) bond motifs is 6. The van der Waals surface area contributed by atoms with Gasteiger partial charge in [0.2, 0.25) is 0 Å². The molecule has 8 rings (SSSR count). The molecule has 4 aliphatic rings. The lowest BCUT2D eigenvalue weighted by atomic mass is 9.98. The lowest BCUT2D eigenvalue weighted by molar-refractivity contribution is 0.170. The van der Waals surface area contributed by atoms with Crippen LogP contribution in [0.3, 0.4) is 0 Å². The highest BCUT2D eigenvalue weighted by Crippen LogP contribution is 2.49. The Hall–Kier alpha value is -3.60. The van der Waals surface area contributed by atoms with Gasteiger partial charge in [-0.05, 0) is 84.3 Å². The van der Waals surface area contributed by atoms with Crippen molar-refractivity contribution >= 4 is 22.7 Å². The molecule has 0 amide bonds. The monoisotopic (exact) mass is 498 g/mol. The Morgan fingerprint density at radius 1 is 0.447 bits per heavy atom. The van der Waals surface area contributed by atoms with E-state index in [2.05, 4.69) is 117 Å². The van der Waals surface area contributed by atoms with Crippen molar-refractivity contribution in [1.82, 2.24) is 10.0 Å². The molecule has 0 aromatic heterocycles. The van der Waals surface area contributed by atoms with E-state index in [1.807, 2.05) is 0 Å². The van der Waals surface area contributed by atoms with Crippen molar-refractivity contribution in [2.75, 3.05) is 23.1 Å². The van der Waals surface area contributed by atoms with Crippen molar-refractivity contribution in [1.29, 1.82) is 0 Å². The van der Waals surface area contributed by atoms with Gasteiger partial charge in [0.05, 0.1) is 34.8 Å². The van der Waals surface area contributed by atoms with E-state index in [1.54, 1.807) is 0 Å². The van der Waals surface area contributed by atoms with Crippen molar-refractivity contribution in [3.63, 3.8) is 0 Å². The Kier molecular flexibility index (Phi) is 5.31. The van der Waals surface area contributed by atoms with Crippen LogP contribution in [0.2, 0.25) is 0 Å². The summed E-state index contributed by atoms with van der Waals surface area (Å²) in [5, 5.41) is 10.1. The Balaban J connectivity index is 1.08. The molecule has 4 heterocycles. The van der Waals surface area contributed by atoms with Crippen molar-refractivity contribution in [3.05, 3.63) is 108 Å². The third-order valence-electron chi connectivity index (χ3n) is 9.07. The second-order valence-electron chi connectivity index (χ2n) is 11.2. The Morgan fingerprint density at radius 3 is 1.32 bits per heavy atom. The van der Waals surface area contributed by atoms with Gasteiger partial charge in [-0.3, -0.25) is 10.0 Å². The minimum absolute atomic E-state index is 0.516. The van der Waals surface area contributed by atoms with E-state index in [0.29, 0.717) is 12.1 Å². The predicted octanol–water partition coefficient (Wildman–Crippen LogP) is 8.54. The first-order chi connectivity index (χ1) is 18.9. The number of rotatable bonds is 3. The summed E-state index contributed by atoms with van der Waals surface area (Å²) in [5.74, 6) is 0. The van der Waals surface area contributed by atoms with Crippen LogP contribution in [0.1, 0.15) is 61.7 Å². The van der Waals surface area contributed by atoms with E-state index in [4.69, 9.17) is 0 Å². The van der Waals surface area contributed by atoms with E-state index >= 15 is 0 Å². The molecule has 4 heteroatoms. The first kappa shape index (κ1) is 22.4. The summed E-state index contributed by atoms with van der Waals surface area (Å²) in [7, 11) is 0. The van der Waals surface area contributed by atoms with Gasteiger partial charge in [-0.2, -0.15) is 0 Å². The van der Waals surface area contributed by atoms with E-state index < -0.39 is 0 Å². The second kappa shape index (κ2) is 9.00. The average molecular weight is 499 g/mol. The van der Waals surface area contributed by atoms with Gasteiger partial charge >= 0.3 is 0 Å². The number of benzene rings is 4. The molecule has 2 atom stereocenters. The van der Waals surface area contributed by atoms with Gasteiger partial charge in [-0.15, -0.1) is 0 Å².